The number of benzene rings is 1. The Labute approximate surface area is 106 Å². The maximum Gasteiger partial charge on any atom is 0.410 e. The summed E-state index contributed by atoms with van der Waals surface area (Å²) in [5.41, 5.74) is 1.85. The van der Waals surface area contributed by atoms with Crippen molar-refractivity contribution < 1.29 is 14.3 Å². The van der Waals surface area contributed by atoms with Crippen LogP contribution < -0.4 is 5.32 Å². The third-order valence-corrected chi connectivity index (χ3v) is 2.98. The molecular weight excluding hydrogens is 232 g/mol. The minimum absolute atomic E-state index is 0.169. The van der Waals surface area contributed by atoms with Gasteiger partial charge in [-0.1, -0.05) is 29.8 Å². The van der Waals surface area contributed by atoms with Gasteiger partial charge in [0.1, 0.15) is 6.04 Å². The van der Waals surface area contributed by atoms with E-state index >= 15 is 0 Å². The first-order valence-electron chi connectivity index (χ1n) is 5.82. The molecule has 96 valence electrons. The molecule has 1 aliphatic rings. The molecule has 0 spiro atoms. The Morgan fingerprint density at radius 1 is 1.50 bits per heavy atom. The SMILES string of the molecule is COC(=O)N1CCNC(=O)C1c1cccc(C)c1. The van der Waals surface area contributed by atoms with Crippen LogP contribution >= 0.6 is 0 Å². The molecule has 1 aromatic carbocycles. The summed E-state index contributed by atoms with van der Waals surface area (Å²) in [4.78, 5) is 25.1. The second kappa shape index (κ2) is 5.08. The van der Waals surface area contributed by atoms with E-state index in [0.717, 1.165) is 11.1 Å². The highest BCUT2D eigenvalue weighted by molar-refractivity contribution is 5.88. The van der Waals surface area contributed by atoms with Gasteiger partial charge in [0.2, 0.25) is 5.91 Å². The zero-order valence-corrected chi connectivity index (χ0v) is 10.5. The summed E-state index contributed by atoms with van der Waals surface area (Å²) in [5, 5.41) is 2.77. The molecule has 0 aromatic heterocycles. The van der Waals surface area contributed by atoms with Crippen molar-refractivity contribution in [2.75, 3.05) is 20.2 Å². The van der Waals surface area contributed by atoms with Gasteiger partial charge in [-0.2, -0.15) is 0 Å². The van der Waals surface area contributed by atoms with E-state index in [1.165, 1.54) is 12.0 Å². The van der Waals surface area contributed by atoms with Crippen molar-refractivity contribution in [2.45, 2.75) is 13.0 Å². The van der Waals surface area contributed by atoms with E-state index in [1.54, 1.807) is 0 Å². The van der Waals surface area contributed by atoms with E-state index in [-0.39, 0.29) is 5.91 Å². The summed E-state index contributed by atoms with van der Waals surface area (Å²) in [5.74, 6) is -0.169. The van der Waals surface area contributed by atoms with Crippen molar-refractivity contribution in [3.05, 3.63) is 35.4 Å². The van der Waals surface area contributed by atoms with E-state index in [4.69, 9.17) is 4.74 Å². The predicted octanol–water partition coefficient (Wildman–Crippen LogP) is 1.23. The van der Waals surface area contributed by atoms with Gasteiger partial charge < -0.3 is 10.1 Å². The number of carbonyl (C=O) groups excluding carboxylic acids is 2. The topological polar surface area (TPSA) is 58.6 Å². The highest BCUT2D eigenvalue weighted by Crippen LogP contribution is 2.24. The molecule has 1 saturated heterocycles. The van der Waals surface area contributed by atoms with E-state index in [2.05, 4.69) is 5.32 Å². The molecular formula is C13H16N2O3. The monoisotopic (exact) mass is 248 g/mol. The number of hydrogen-bond donors (Lipinski definition) is 1. The number of amides is 2. The van der Waals surface area contributed by atoms with Crippen LogP contribution in [0.5, 0.6) is 0 Å². The average Bonchev–Trinajstić information content (AvgIpc) is 2.37. The van der Waals surface area contributed by atoms with Gasteiger partial charge in [-0.05, 0) is 12.5 Å². The molecule has 1 aliphatic heterocycles. The molecule has 0 saturated carbocycles. The molecule has 1 N–H and O–H groups in total. The predicted molar refractivity (Wildman–Crippen MR) is 66.0 cm³/mol. The van der Waals surface area contributed by atoms with Gasteiger partial charge in [0.05, 0.1) is 7.11 Å². The van der Waals surface area contributed by atoms with E-state index in [1.807, 2.05) is 31.2 Å². The normalized spacial score (nSPS) is 19.3. The van der Waals surface area contributed by atoms with E-state index in [0.29, 0.717) is 13.1 Å². The van der Waals surface area contributed by atoms with Gasteiger partial charge in [0.25, 0.3) is 0 Å². The van der Waals surface area contributed by atoms with Gasteiger partial charge in [-0.25, -0.2) is 4.79 Å². The fourth-order valence-corrected chi connectivity index (χ4v) is 2.15. The highest BCUT2D eigenvalue weighted by atomic mass is 16.5. The molecule has 5 nitrogen and oxygen atoms in total. The third-order valence-electron chi connectivity index (χ3n) is 2.98. The van der Waals surface area contributed by atoms with Crippen molar-refractivity contribution in [1.29, 1.82) is 0 Å². The fourth-order valence-electron chi connectivity index (χ4n) is 2.15. The maximum atomic E-state index is 12.0. The highest BCUT2D eigenvalue weighted by Gasteiger charge is 2.34. The molecule has 5 heteroatoms. The van der Waals surface area contributed by atoms with E-state index in [9.17, 15) is 9.59 Å². The number of nitrogens with zero attached hydrogens (tertiary/aromatic N) is 1. The molecule has 2 rings (SSSR count). The van der Waals surface area contributed by atoms with Crippen molar-refractivity contribution in [3.8, 4) is 0 Å². The molecule has 1 atom stereocenters. The summed E-state index contributed by atoms with van der Waals surface area (Å²) in [6.45, 7) is 2.86. The minimum Gasteiger partial charge on any atom is -0.453 e. The maximum absolute atomic E-state index is 12.0. The Morgan fingerprint density at radius 3 is 2.94 bits per heavy atom. The number of methoxy groups -OCH3 is 1. The lowest BCUT2D eigenvalue weighted by molar-refractivity contribution is -0.128. The van der Waals surface area contributed by atoms with Gasteiger partial charge >= 0.3 is 6.09 Å². The first-order chi connectivity index (χ1) is 8.63. The molecule has 18 heavy (non-hydrogen) atoms. The first kappa shape index (κ1) is 12.4. The molecule has 1 unspecified atom stereocenters. The molecule has 0 aliphatic carbocycles. The number of hydrogen-bond acceptors (Lipinski definition) is 3. The van der Waals surface area contributed by atoms with Crippen LogP contribution in [0.3, 0.4) is 0 Å². The Bertz CT molecular complexity index is 473. The van der Waals surface area contributed by atoms with Gasteiger partial charge in [-0.15, -0.1) is 0 Å². The van der Waals surface area contributed by atoms with Crippen LogP contribution in [0.1, 0.15) is 17.2 Å². The van der Waals surface area contributed by atoms with Crippen LogP contribution in [0, 0.1) is 6.92 Å². The smallest absolute Gasteiger partial charge is 0.410 e. The van der Waals surface area contributed by atoms with Gasteiger partial charge in [0.15, 0.2) is 0 Å². The van der Waals surface area contributed by atoms with Crippen LogP contribution in [0.15, 0.2) is 24.3 Å². The van der Waals surface area contributed by atoms with Crippen LogP contribution in [0.2, 0.25) is 0 Å². The number of piperazine rings is 1. The summed E-state index contributed by atoms with van der Waals surface area (Å²) in [6, 6.07) is 6.98. The zero-order valence-electron chi connectivity index (χ0n) is 10.5. The number of aryl methyl sites for hydroxylation is 1. The Kier molecular flexibility index (Phi) is 3.50. The Morgan fingerprint density at radius 2 is 2.28 bits per heavy atom. The first-order valence-corrected chi connectivity index (χ1v) is 5.82. The minimum atomic E-state index is -0.605. The lowest BCUT2D eigenvalue weighted by Crippen LogP contribution is -2.52. The van der Waals surface area contributed by atoms with E-state index < -0.39 is 12.1 Å². The van der Waals surface area contributed by atoms with Crippen molar-refractivity contribution in [2.24, 2.45) is 0 Å². The summed E-state index contributed by atoms with van der Waals surface area (Å²) >= 11 is 0. The largest absolute Gasteiger partial charge is 0.453 e. The quantitative estimate of drug-likeness (QED) is 0.813. The number of ether oxygens (including phenoxy) is 1. The second-order valence-corrected chi connectivity index (χ2v) is 4.27. The fraction of sp³-hybridized carbons (Fsp3) is 0.385. The molecule has 0 radical (unpaired) electrons. The van der Waals surface area contributed by atoms with Crippen LogP contribution in [-0.4, -0.2) is 37.1 Å². The van der Waals surface area contributed by atoms with Gasteiger partial charge in [0, 0.05) is 13.1 Å². The lowest BCUT2D eigenvalue weighted by Gasteiger charge is -2.34. The van der Waals surface area contributed by atoms with Crippen LogP contribution in [-0.2, 0) is 9.53 Å². The molecule has 0 bridgehead atoms. The van der Waals surface area contributed by atoms with Crippen LogP contribution in [0.25, 0.3) is 0 Å². The van der Waals surface area contributed by atoms with Crippen molar-refractivity contribution in [1.82, 2.24) is 10.2 Å². The Hall–Kier alpha value is -2.04. The number of nitrogens with one attached hydrogen (secondary N) is 1. The zero-order chi connectivity index (χ0) is 13.1. The van der Waals surface area contributed by atoms with Gasteiger partial charge in [-0.3, -0.25) is 9.69 Å². The third kappa shape index (κ3) is 2.30. The number of rotatable bonds is 1. The summed E-state index contributed by atoms with van der Waals surface area (Å²) < 4.78 is 4.73. The molecule has 1 fully saturated rings. The molecule has 1 aromatic rings. The molecule has 1 heterocycles. The molecule has 2 amide bonds. The Balaban J connectivity index is 2.36. The second-order valence-electron chi connectivity index (χ2n) is 4.27. The standard InChI is InChI=1S/C13H16N2O3/c1-9-4-3-5-10(8-9)11-12(16)14-6-7-15(11)13(17)18-2/h3-5,8,11H,6-7H2,1-2H3,(H,14,16). The summed E-state index contributed by atoms with van der Waals surface area (Å²) in [6.07, 6.45) is -0.476. The van der Waals surface area contributed by atoms with Crippen LogP contribution in [0.4, 0.5) is 4.79 Å². The lowest BCUT2D eigenvalue weighted by atomic mass is 10.0. The van der Waals surface area contributed by atoms with Crippen molar-refractivity contribution in [3.63, 3.8) is 0 Å². The summed E-state index contributed by atoms with van der Waals surface area (Å²) in [7, 11) is 1.32. The number of carbonyl (C=O) groups is 2. The average molecular weight is 248 g/mol. The van der Waals surface area contributed by atoms with Crippen molar-refractivity contribution >= 4 is 12.0 Å².